The van der Waals surface area contributed by atoms with Gasteiger partial charge in [-0.3, -0.25) is 9.36 Å². The number of amides is 1. The minimum Gasteiger partial charge on any atom is -0.382 e. The number of aliphatic hydroxyl groups is 1. The molecule has 3 aromatic heterocycles. The summed E-state index contributed by atoms with van der Waals surface area (Å²) in [5.41, 5.74) is -2.68. The van der Waals surface area contributed by atoms with Crippen molar-refractivity contribution >= 4 is 17.5 Å². The molecule has 246 valence electrons. The van der Waals surface area contributed by atoms with Crippen molar-refractivity contribution in [2.24, 2.45) is 0 Å². The van der Waals surface area contributed by atoms with Crippen molar-refractivity contribution in [3.05, 3.63) is 75.3 Å². The van der Waals surface area contributed by atoms with E-state index in [9.17, 15) is 41.0 Å². The molecule has 1 saturated heterocycles. The lowest BCUT2D eigenvalue weighted by molar-refractivity contribution is -0.207. The zero-order valence-electron chi connectivity index (χ0n) is 24.1. The molecular weight excluding hydrogens is 648 g/mol. The highest BCUT2D eigenvalue weighted by Gasteiger charge is 2.40. The second-order valence-electron chi connectivity index (χ2n) is 11.1. The van der Waals surface area contributed by atoms with Crippen molar-refractivity contribution in [1.29, 1.82) is 0 Å². The average Bonchev–Trinajstić information content (AvgIpc) is 3.53. The van der Waals surface area contributed by atoms with Crippen LogP contribution in [0.2, 0.25) is 5.02 Å². The number of rotatable bonds is 7. The Bertz CT molecular complexity index is 1800. The van der Waals surface area contributed by atoms with Crippen LogP contribution in [0, 0.1) is 0 Å². The summed E-state index contributed by atoms with van der Waals surface area (Å²) in [4.78, 5) is 36.4. The molecule has 4 aromatic rings. The highest BCUT2D eigenvalue weighted by atomic mass is 35.5. The van der Waals surface area contributed by atoms with Crippen LogP contribution in [0.15, 0.2) is 47.4 Å². The molecule has 5 rings (SSSR count). The number of aliphatic hydroxyl groups excluding tert-OH is 1. The lowest BCUT2D eigenvalue weighted by Gasteiger charge is -2.38. The third-order valence-corrected chi connectivity index (χ3v) is 7.30. The first kappa shape index (κ1) is 33.1. The second kappa shape index (κ2) is 12.1. The predicted molar refractivity (Wildman–Crippen MR) is 150 cm³/mol. The largest absolute Gasteiger partial charge is 0.420 e. The number of carbonyl (C=O) groups is 1. The van der Waals surface area contributed by atoms with Crippen molar-refractivity contribution in [3.63, 3.8) is 0 Å². The van der Waals surface area contributed by atoms with Crippen molar-refractivity contribution in [2.75, 3.05) is 19.6 Å². The summed E-state index contributed by atoms with van der Waals surface area (Å²) >= 11 is 5.92. The lowest BCUT2D eigenvalue weighted by atomic mass is 10.0. The highest BCUT2D eigenvalue weighted by molar-refractivity contribution is 6.30. The van der Waals surface area contributed by atoms with Gasteiger partial charge in [0.2, 0.25) is 5.82 Å². The maximum absolute atomic E-state index is 14.0. The maximum Gasteiger partial charge on any atom is 0.420 e. The van der Waals surface area contributed by atoms with Gasteiger partial charge in [-0.25, -0.2) is 19.4 Å². The van der Waals surface area contributed by atoms with Crippen LogP contribution < -0.4 is 11.0 Å². The number of benzene rings is 1. The molecule has 12 nitrogen and oxygen atoms in total. The fourth-order valence-electron chi connectivity index (χ4n) is 4.88. The van der Waals surface area contributed by atoms with Crippen LogP contribution in [0.25, 0.3) is 17.2 Å². The standard InChI is InChI=1S/C27H26ClF6N9O3/c1-25(2)14-40(11-10-36-25)23(45)22-37-19(38-43(22)21-17(26(29,30)31)4-3-9-35-21)13-42-24(46)41(12-18(44)27(32,33)34)20(39-42)15-5-7-16(28)8-6-15/h3-9,18,36,44H,10-14H2,1-2H3/t18-/m0/s1. The van der Waals surface area contributed by atoms with E-state index in [1.54, 1.807) is 0 Å². The van der Waals surface area contributed by atoms with Gasteiger partial charge in [0.15, 0.2) is 23.6 Å². The Balaban J connectivity index is 1.61. The van der Waals surface area contributed by atoms with Gasteiger partial charge in [0.1, 0.15) is 12.1 Å². The fourth-order valence-corrected chi connectivity index (χ4v) is 5.01. The molecule has 46 heavy (non-hydrogen) atoms. The fraction of sp³-hybridized carbons (Fsp3) is 0.407. The summed E-state index contributed by atoms with van der Waals surface area (Å²) in [6.45, 7) is 2.56. The van der Waals surface area contributed by atoms with E-state index >= 15 is 0 Å². The number of nitrogens with one attached hydrogen (secondary N) is 1. The van der Waals surface area contributed by atoms with Gasteiger partial charge in [0.05, 0.1) is 6.54 Å². The molecule has 4 heterocycles. The summed E-state index contributed by atoms with van der Waals surface area (Å²) in [5, 5.41) is 21.5. The van der Waals surface area contributed by atoms with Crippen LogP contribution in [-0.2, 0) is 19.3 Å². The van der Waals surface area contributed by atoms with Crippen molar-refractivity contribution in [3.8, 4) is 17.2 Å². The third-order valence-electron chi connectivity index (χ3n) is 7.04. The molecule has 2 N–H and O–H groups in total. The molecule has 1 fully saturated rings. The van der Waals surface area contributed by atoms with Crippen LogP contribution in [0.5, 0.6) is 0 Å². The van der Waals surface area contributed by atoms with E-state index in [0.29, 0.717) is 25.5 Å². The topological polar surface area (TPSA) is 136 Å². The Morgan fingerprint density at radius 1 is 1.11 bits per heavy atom. The zero-order chi connectivity index (χ0) is 33.6. The van der Waals surface area contributed by atoms with Crippen LogP contribution in [0.1, 0.15) is 35.9 Å². The van der Waals surface area contributed by atoms with Gasteiger partial charge in [0, 0.05) is 42.0 Å². The Morgan fingerprint density at radius 3 is 2.43 bits per heavy atom. The van der Waals surface area contributed by atoms with E-state index < -0.39 is 65.9 Å². The number of nitrogens with zero attached hydrogens (tertiary/aromatic N) is 8. The summed E-state index contributed by atoms with van der Waals surface area (Å²) in [6.07, 6.45) is -11.8. The molecule has 19 heteroatoms. The molecule has 0 radical (unpaired) electrons. The minimum atomic E-state index is -5.06. The van der Waals surface area contributed by atoms with Crippen molar-refractivity contribution in [2.45, 2.75) is 50.9 Å². The number of pyridine rings is 1. The van der Waals surface area contributed by atoms with Crippen LogP contribution in [0.3, 0.4) is 0 Å². The third kappa shape index (κ3) is 6.92. The van der Waals surface area contributed by atoms with Gasteiger partial charge in [0.25, 0.3) is 5.91 Å². The van der Waals surface area contributed by atoms with E-state index in [0.717, 1.165) is 18.3 Å². The molecular formula is C27H26ClF6N9O3. The lowest BCUT2D eigenvalue weighted by Crippen LogP contribution is -2.58. The number of alkyl halides is 6. The van der Waals surface area contributed by atoms with Gasteiger partial charge in [-0.1, -0.05) is 11.6 Å². The van der Waals surface area contributed by atoms with Gasteiger partial charge in [-0.15, -0.1) is 10.2 Å². The first-order chi connectivity index (χ1) is 21.4. The molecule has 0 spiro atoms. The summed E-state index contributed by atoms with van der Waals surface area (Å²) in [5.74, 6) is -2.68. The van der Waals surface area contributed by atoms with E-state index in [2.05, 4.69) is 25.5 Å². The van der Waals surface area contributed by atoms with Crippen LogP contribution in [0.4, 0.5) is 26.3 Å². The second-order valence-corrected chi connectivity index (χ2v) is 11.5. The van der Waals surface area contributed by atoms with E-state index in [-0.39, 0.29) is 30.3 Å². The first-order valence-electron chi connectivity index (χ1n) is 13.7. The molecule has 1 aliphatic rings. The average molecular weight is 674 g/mol. The number of piperazine rings is 1. The summed E-state index contributed by atoms with van der Waals surface area (Å²) in [6, 6.07) is 7.42. The molecule has 0 aliphatic carbocycles. The molecule has 1 aromatic carbocycles. The van der Waals surface area contributed by atoms with Gasteiger partial charge in [-0.2, -0.15) is 31.0 Å². The van der Waals surface area contributed by atoms with Gasteiger partial charge < -0.3 is 15.3 Å². The SMILES string of the molecule is CC1(C)CN(C(=O)c2nc(Cn3nc(-c4ccc(Cl)cc4)n(C[C@H](O)C(F)(F)F)c3=O)nn2-c2ncccc2C(F)(F)F)CCN1. The zero-order valence-corrected chi connectivity index (χ0v) is 24.9. The predicted octanol–water partition coefficient (Wildman–Crippen LogP) is 3.16. The minimum absolute atomic E-state index is 0.175. The summed E-state index contributed by atoms with van der Waals surface area (Å²) < 4.78 is 83.6. The summed E-state index contributed by atoms with van der Waals surface area (Å²) in [7, 11) is 0. The monoisotopic (exact) mass is 673 g/mol. The number of halogens is 7. The normalized spacial score (nSPS) is 16.1. The highest BCUT2D eigenvalue weighted by Crippen LogP contribution is 2.33. The van der Waals surface area contributed by atoms with Crippen molar-refractivity contribution < 1.29 is 36.2 Å². The number of carbonyl (C=O) groups excluding carboxylic acids is 1. The van der Waals surface area contributed by atoms with Crippen LogP contribution in [-0.4, -0.2) is 87.5 Å². The molecule has 1 aliphatic heterocycles. The number of hydrogen-bond donors (Lipinski definition) is 2. The van der Waals surface area contributed by atoms with Gasteiger partial charge >= 0.3 is 18.0 Å². The van der Waals surface area contributed by atoms with Crippen LogP contribution >= 0.6 is 11.6 Å². The Kier molecular flexibility index (Phi) is 8.73. The number of aromatic nitrogens is 7. The maximum atomic E-state index is 14.0. The van der Waals surface area contributed by atoms with E-state index in [1.165, 1.54) is 29.2 Å². The molecule has 0 bridgehead atoms. The Hall–Kier alpha value is -4.29. The van der Waals surface area contributed by atoms with E-state index in [1.807, 2.05) is 13.8 Å². The number of hydrogen-bond acceptors (Lipinski definition) is 8. The Morgan fingerprint density at radius 2 is 1.80 bits per heavy atom. The molecule has 1 atom stereocenters. The van der Waals surface area contributed by atoms with Crippen molar-refractivity contribution in [1.82, 2.24) is 44.3 Å². The smallest absolute Gasteiger partial charge is 0.382 e. The quantitative estimate of drug-likeness (QED) is 0.286. The van der Waals surface area contributed by atoms with Gasteiger partial charge in [-0.05, 0) is 50.2 Å². The Labute approximate surface area is 261 Å². The first-order valence-corrected chi connectivity index (χ1v) is 14.0. The molecule has 0 saturated carbocycles. The molecule has 0 unspecified atom stereocenters. The van der Waals surface area contributed by atoms with E-state index in [4.69, 9.17) is 11.6 Å². The molecule has 1 amide bonds.